The van der Waals surface area contributed by atoms with Crippen molar-refractivity contribution < 1.29 is 14.0 Å². The van der Waals surface area contributed by atoms with Crippen LogP contribution in [0.15, 0.2) is 42.7 Å². The SMILES string of the molecule is O=C(NCCc1ccccc1F)C1(C(=O)N2CCN(c3ncccn3)CC2)CC1. The number of hydrogen-bond acceptors (Lipinski definition) is 5. The average Bonchev–Trinajstić information content (AvgIpc) is 3.57. The number of carbonyl (C=O) groups is 2. The molecule has 1 aliphatic heterocycles. The van der Waals surface area contributed by atoms with Gasteiger partial charge in [0, 0.05) is 45.1 Å². The van der Waals surface area contributed by atoms with Gasteiger partial charge >= 0.3 is 0 Å². The van der Waals surface area contributed by atoms with E-state index in [2.05, 4.69) is 15.3 Å². The number of nitrogens with one attached hydrogen (secondary N) is 1. The van der Waals surface area contributed by atoms with Crippen molar-refractivity contribution in [2.45, 2.75) is 19.3 Å². The smallest absolute Gasteiger partial charge is 0.238 e. The lowest BCUT2D eigenvalue weighted by Gasteiger charge is -2.36. The second kappa shape index (κ2) is 8.14. The Labute approximate surface area is 168 Å². The highest BCUT2D eigenvalue weighted by Crippen LogP contribution is 2.47. The fourth-order valence-electron chi connectivity index (χ4n) is 3.71. The zero-order chi connectivity index (χ0) is 20.3. The number of hydrogen-bond donors (Lipinski definition) is 1. The van der Waals surface area contributed by atoms with Crippen LogP contribution >= 0.6 is 0 Å². The van der Waals surface area contributed by atoms with Crippen LogP contribution in [-0.2, 0) is 16.0 Å². The van der Waals surface area contributed by atoms with Crippen LogP contribution in [0.4, 0.5) is 10.3 Å². The Kier molecular flexibility index (Phi) is 5.42. The highest BCUT2D eigenvalue weighted by Gasteiger charge is 2.58. The third-order valence-electron chi connectivity index (χ3n) is 5.63. The van der Waals surface area contributed by atoms with E-state index in [-0.39, 0.29) is 17.6 Å². The third kappa shape index (κ3) is 4.06. The van der Waals surface area contributed by atoms with Gasteiger partial charge in [0.15, 0.2) is 0 Å². The molecule has 0 bridgehead atoms. The number of piperazine rings is 1. The normalized spacial score (nSPS) is 17.7. The lowest BCUT2D eigenvalue weighted by molar-refractivity contribution is -0.144. The molecular weight excluding hydrogens is 373 g/mol. The molecule has 8 heteroatoms. The molecule has 0 unspecified atom stereocenters. The molecule has 1 aromatic carbocycles. The number of carbonyl (C=O) groups excluding carboxylic acids is 2. The molecule has 1 aliphatic carbocycles. The van der Waals surface area contributed by atoms with Gasteiger partial charge in [0.1, 0.15) is 11.2 Å². The maximum absolute atomic E-state index is 13.7. The predicted molar refractivity (Wildman–Crippen MR) is 106 cm³/mol. The van der Waals surface area contributed by atoms with E-state index in [9.17, 15) is 14.0 Å². The van der Waals surface area contributed by atoms with Gasteiger partial charge in [-0.15, -0.1) is 0 Å². The molecule has 4 rings (SSSR count). The lowest BCUT2D eigenvalue weighted by Crippen LogP contribution is -2.53. The molecule has 1 saturated carbocycles. The highest BCUT2D eigenvalue weighted by atomic mass is 19.1. The second-order valence-corrected chi connectivity index (χ2v) is 7.51. The number of anilines is 1. The molecule has 2 fully saturated rings. The number of amides is 2. The van der Waals surface area contributed by atoms with Crippen molar-refractivity contribution in [3.8, 4) is 0 Å². The molecule has 0 radical (unpaired) electrons. The summed E-state index contributed by atoms with van der Waals surface area (Å²) < 4.78 is 13.7. The van der Waals surface area contributed by atoms with Crippen LogP contribution in [0.2, 0.25) is 0 Å². The molecule has 2 aliphatic rings. The Morgan fingerprint density at radius 2 is 1.72 bits per heavy atom. The molecule has 152 valence electrons. The topological polar surface area (TPSA) is 78.4 Å². The number of benzene rings is 1. The lowest BCUT2D eigenvalue weighted by atomic mass is 10.0. The van der Waals surface area contributed by atoms with Gasteiger partial charge in [-0.2, -0.15) is 0 Å². The number of nitrogens with zero attached hydrogens (tertiary/aromatic N) is 4. The predicted octanol–water partition coefficient (Wildman–Crippen LogP) is 1.40. The van der Waals surface area contributed by atoms with Gasteiger partial charge in [-0.25, -0.2) is 14.4 Å². The van der Waals surface area contributed by atoms with E-state index in [1.807, 2.05) is 4.90 Å². The second-order valence-electron chi connectivity index (χ2n) is 7.51. The van der Waals surface area contributed by atoms with Crippen molar-refractivity contribution >= 4 is 17.8 Å². The first-order valence-corrected chi connectivity index (χ1v) is 9.93. The van der Waals surface area contributed by atoms with Gasteiger partial charge in [0.05, 0.1) is 0 Å². The van der Waals surface area contributed by atoms with Gasteiger partial charge in [-0.1, -0.05) is 18.2 Å². The number of halogens is 1. The minimum absolute atomic E-state index is 0.102. The van der Waals surface area contributed by atoms with Gasteiger partial charge < -0.3 is 15.1 Å². The minimum atomic E-state index is -0.944. The van der Waals surface area contributed by atoms with Gasteiger partial charge in [-0.3, -0.25) is 9.59 Å². The Bertz CT molecular complexity index is 880. The summed E-state index contributed by atoms with van der Waals surface area (Å²) in [5, 5.41) is 2.83. The van der Waals surface area contributed by atoms with E-state index in [1.165, 1.54) is 6.07 Å². The summed E-state index contributed by atoms with van der Waals surface area (Å²) in [5.74, 6) is 0.0352. The van der Waals surface area contributed by atoms with Crippen LogP contribution in [0.3, 0.4) is 0 Å². The number of rotatable bonds is 6. The minimum Gasteiger partial charge on any atom is -0.355 e. The van der Waals surface area contributed by atoms with Crippen molar-refractivity contribution in [3.05, 3.63) is 54.1 Å². The summed E-state index contributed by atoms with van der Waals surface area (Å²) in [4.78, 5) is 38.0. The first-order valence-electron chi connectivity index (χ1n) is 9.93. The molecule has 7 nitrogen and oxygen atoms in total. The van der Waals surface area contributed by atoms with Crippen LogP contribution in [0, 0.1) is 11.2 Å². The molecule has 2 heterocycles. The van der Waals surface area contributed by atoms with E-state index >= 15 is 0 Å². The Morgan fingerprint density at radius 1 is 1.03 bits per heavy atom. The Morgan fingerprint density at radius 3 is 2.38 bits per heavy atom. The maximum atomic E-state index is 13.7. The summed E-state index contributed by atoms with van der Waals surface area (Å²) in [6.07, 6.45) is 4.94. The largest absolute Gasteiger partial charge is 0.355 e. The van der Waals surface area contributed by atoms with Crippen LogP contribution in [0.1, 0.15) is 18.4 Å². The molecule has 0 spiro atoms. The Hall–Kier alpha value is -3.03. The van der Waals surface area contributed by atoms with Crippen LogP contribution in [0.5, 0.6) is 0 Å². The first-order chi connectivity index (χ1) is 14.1. The van der Waals surface area contributed by atoms with Crippen molar-refractivity contribution in [2.75, 3.05) is 37.6 Å². The third-order valence-corrected chi connectivity index (χ3v) is 5.63. The van der Waals surface area contributed by atoms with Crippen molar-refractivity contribution in [3.63, 3.8) is 0 Å². The maximum Gasteiger partial charge on any atom is 0.238 e. The summed E-state index contributed by atoms with van der Waals surface area (Å²) in [6.45, 7) is 2.68. The summed E-state index contributed by atoms with van der Waals surface area (Å²) in [6, 6.07) is 8.29. The van der Waals surface area contributed by atoms with Crippen LogP contribution < -0.4 is 10.2 Å². The van der Waals surface area contributed by atoms with Crippen LogP contribution in [0.25, 0.3) is 0 Å². The van der Waals surface area contributed by atoms with Gasteiger partial charge in [0.25, 0.3) is 0 Å². The van der Waals surface area contributed by atoms with Gasteiger partial charge in [-0.05, 0) is 37.0 Å². The van der Waals surface area contributed by atoms with E-state index < -0.39 is 5.41 Å². The molecule has 2 aromatic rings. The first kappa shape index (κ1) is 19.3. The van der Waals surface area contributed by atoms with Crippen molar-refractivity contribution in [1.82, 2.24) is 20.2 Å². The standard InChI is InChI=1S/C21H24FN5O2/c22-17-5-2-1-4-16(17)6-11-23-18(28)21(7-8-21)19(29)26-12-14-27(15-13-26)20-24-9-3-10-25-20/h1-5,9-10H,6-8,11-15H2,(H,23,28). The van der Waals surface area contributed by atoms with E-state index in [1.54, 1.807) is 41.6 Å². The molecule has 2 amide bonds. The van der Waals surface area contributed by atoms with Crippen molar-refractivity contribution in [2.24, 2.45) is 5.41 Å². The van der Waals surface area contributed by atoms with Crippen LogP contribution in [-0.4, -0.2) is 59.4 Å². The molecule has 1 aromatic heterocycles. The highest BCUT2D eigenvalue weighted by molar-refractivity contribution is 6.07. The zero-order valence-electron chi connectivity index (χ0n) is 16.2. The van der Waals surface area contributed by atoms with E-state index in [0.29, 0.717) is 63.5 Å². The fraction of sp³-hybridized carbons (Fsp3) is 0.429. The van der Waals surface area contributed by atoms with Gasteiger partial charge in [0.2, 0.25) is 17.8 Å². The Balaban J connectivity index is 1.29. The quantitative estimate of drug-likeness (QED) is 0.746. The summed E-state index contributed by atoms with van der Waals surface area (Å²) in [7, 11) is 0. The number of aromatic nitrogens is 2. The molecule has 1 saturated heterocycles. The zero-order valence-corrected chi connectivity index (χ0v) is 16.2. The van der Waals surface area contributed by atoms with E-state index in [4.69, 9.17) is 0 Å². The molecule has 0 atom stereocenters. The molecule has 29 heavy (non-hydrogen) atoms. The molecular formula is C21H24FN5O2. The van der Waals surface area contributed by atoms with E-state index in [0.717, 1.165) is 0 Å². The summed E-state index contributed by atoms with van der Waals surface area (Å²) >= 11 is 0. The fourth-order valence-corrected chi connectivity index (χ4v) is 3.71. The molecule has 1 N–H and O–H groups in total. The summed E-state index contributed by atoms with van der Waals surface area (Å²) in [5.41, 5.74) is -0.385. The monoisotopic (exact) mass is 397 g/mol. The van der Waals surface area contributed by atoms with Crippen molar-refractivity contribution in [1.29, 1.82) is 0 Å². The average molecular weight is 397 g/mol.